The molecule has 1 fully saturated rings. The molecule has 26 heavy (non-hydrogen) atoms. The first-order valence-electron chi connectivity index (χ1n) is 8.74. The Labute approximate surface area is 158 Å². The van der Waals surface area contributed by atoms with E-state index in [2.05, 4.69) is 0 Å². The number of nitrogen functional groups attached to an aromatic ring is 1. The summed E-state index contributed by atoms with van der Waals surface area (Å²) in [5.74, 6) is 1.49. The summed E-state index contributed by atoms with van der Waals surface area (Å²) in [5.41, 5.74) is 9.43. The number of nitrogens with two attached hydrogens (primary N) is 1. The molecule has 1 aliphatic heterocycles. The smallest absolute Gasteiger partial charge is 0.184 e. The molecule has 0 aromatic heterocycles. The largest absolute Gasteiger partial charge is 0.399 e. The Hall–Kier alpha value is -1.57. The van der Waals surface area contributed by atoms with Crippen molar-refractivity contribution in [3.8, 4) is 0 Å². The molecule has 2 aromatic carbocycles. The molecule has 3 rings (SSSR count). The van der Waals surface area contributed by atoms with Crippen LogP contribution in [0, 0.1) is 0 Å². The van der Waals surface area contributed by atoms with Crippen LogP contribution in [0.3, 0.4) is 0 Å². The van der Waals surface area contributed by atoms with Crippen LogP contribution in [-0.4, -0.2) is 34.4 Å². The van der Waals surface area contributed by atoms with E-state index < -0.39 is 6.29 Å². The van der Waals surface area contributed by atoms with Crippen LogP contribution in [0.4, 0.5) is 5.69 Å². The lowest BCUT2D eigenvalue weighted by atomic mass is 10.0. The minimum atomic E-state index is -0.477. The van der Waals surface area contributed by atoms with E-state index in [1.807, 2.05) is 48.5 Å². The topological polar surface area (TPSA) is 84.9 Å². The fourth-order valence-corrected chi connectivity index (χ4v) is 3.78. The van der Waals surface area contributed by atoms with Crippen LogP contribution in [0.25, 0.3) is 0 Å². The first-order chi connectivity index (χ1) is 12.7. The highest BCUT2D eigenvalue weighted by molar-refractivity contribution is 7.99. The second kappa shape index (κ2) is 9.39. The summed E-state index contributed by atoms with van der Waals surface area (Å²) in [4.78, 5) is 0. The summed E-state index contributed by atoms with van der Waals surface area (Å²) in [6.45, 7) is 0.194. The lowest BCUT2D eigenvalue weighted by molar-refractivity contribution is -0.245. The maximum atomic E-state index is 9.23. The van der Waals surface area contributed by atoms with Crippen LogP contribution in [0.1, 0.15) is 35.5 Å². The molecular weight excluding hydrogens is 350 g/mol. The van der Waals surface area contributed by atoms with Crippen molar-refractivity contribution >= 4 is 17.4 Å². The zero-order valence-corrected chi connectivity index (χ0v) is 15.4. The molecule has 3 atom stereocenters. The zero-order chi connectivity index (χ0) is 18.4. The van der Waals surface area contributed by atoms with Crippen molar-refractivity contribution in [1.29, 1.82) is 0 Å². The first-order valence-corrected chi connectivity index (χ1v) is 9.89. The van der Waals surface area contributed by atoms with Gasteiger partial charge in [-0.25, -0.2) is 0 Å². The van der Waals surface area contributed by atoms with E-state index in [0.717, 1.165) is 28.9 Å². The molecule has 140 valence electrons. The average Bonchev–Trinajstić information content (AvgIpc) is 2.68. The molecule has 0 unspecified atom stereocenters. The number of thioether (sulfide) groups is 1. The summed E-state index contributed by atoms with van der Waals surface area (Å²) in [5, 5.41) is 18.2. The molecule has 1 aliphatic rings. The predicted octanol–water partition coefficient (Wildman–Crippen LogP) is 3.03. The number of benzene rings is 2. The Kier molecular flexibility index (Phi) is 6.93. The summed E-state index contributed by atoms with van der Waals surface area (Å²) >= 11 is 1.68. The minimum Gasteiger partial charge on any atom is -0.399 e. The number of aliphatic hydroxyl groups is 2. The molecule has 0 saturated carbocycles. The normalized spacial score (nSPS) is 23.1. The number of rotatable bonds is 7. The van der Waals surface area contributed by atoms with Crippen molar-refractivity contribution in [2.75, 3.05) is 23.8 Å². The van der Waals surface area contributed by atoms with E-state index in [1.54, 1.807) is 11.8 Å². The third-order valence-corrected chi connectivity index (χ3v) is 5.42. The summed E-state index contributed by atoms with van der Waals surface area (Å²) in [6, 6.07) is 15.4. The standard InChI is InChI=1S/C20H25NO4S/c21-17-3-1-2-16(10-17)20-24-18(13-26-9-8-22)11-19(25-20)15-6-4-14(12-23)5-7-15/h1-7,10,18-20,22-23H,8-9,11-13,21H2/t18-,19+,20+/m1/s1. The maximum absolute atomic E-state index is 9.23. The molecule has 2 aromatic rings. The van der Waals surface area contributed by atoms with Gasteiger partial charge in [-0.05, 0) is 23.3 Å². The maximum Gasteiger partial charge on any atom is 0.184 e. The third kappa shape index (κ3) is 4.99. The van der Waals surface area contributed by atoms with Crippen molar-refractivity contribution in [2.24, 2.45) is 0 Å². The first kappa shape index (κ1) is 19.2. The second-order valence-corrected chi connectivity index (χ2v) is 7.47. The number of anilines is 1. The summed E-state index contributed by atoms with van der Waals surface area (Å²) in [7, 11) is 0. The van der Waals surface area contributed by atoms with Gasteiger partial charge in [-0.2, -0.15) is 11.8 Å². The SMILES string of the molecule is Nc1cccc([C@H]2O[C@@H](CSCCO)C[C@@H](c3ccc(CO)cc3)O2)c1. The van der Waals surface area contributed by atoms with Crippen LogP contribution in [0.15, 0.2) is 48.5 Å². The predicted molar refractivity (Wildman–Crippen MR) is 104 cm³/mol. The van der Waals surface area contributed by atoms with E-state index in [9.17, 15) is 5.11 Å². The number of hydrogen-bond donors (Lipinski definition) is 3. The van der Waals surface area contributed by atoms with Gasteiger partial charge in [0, 0.05) is 29.2 Å². The second-order valence-electron chi connectivity index (χ2n) is 6.32. The molecular formula is C20H25NO4S. The molecule has 0 spiro atoms. The van der Waals surface area contributed by atoms with Gasteiger partial charge in [0.05, 0.1) is 25.4 Å². The third-order valence-electron chi connectivity index (χ3n) is 4.34. The minimum absolute atomic E-state index is 0.0225. The van der Waals surface area contributed by atoms with Gasteiger partial charge in [0.25, 0.3) is 0 Å². The van der Waals surface area contributed by atoms with Crippen LogP contribution in [0.2, 0.25) is 0 Å². The van der Waals surface area contributed by atoms with Crippen LogP contribution in [0.5, 0.6) is 0 Å². The molecule has 0 bridgehead atoms. The Morgan fingerprint density at radius 2 is 1.85 bits per heavy atom. The number of hydrogen-bond acceptors (Lipinski definition) is 6. The Morgan fingerprint density at radius 3 is 2.54 bits per heavy atom. The molecule has 5 nitrogen and oxygen atoms in total. The Bertz CT molecular complexity index is 694. The van der Waals surface area contributed by atoms with Gasteiger partial charge in [0.2, 0.25) is 0 Å². The molecule has 1 saturated heterocycles. The van der Waals surface area contributed by atoms with Crippen molar-refractivity contribution in [3.63, 3.8) is 0 Å². The highest BCUT2D eigenvalue weighted by Crippen LogP contribution is 2.39. The molecule has 4 N–H and O–H groups in total. The van der Waals surface area contributed by atoms with Gasteiger partial charge in [-0.3, -0.25) is 0 Å². The Morgan fingerprint density at radius 1 is 1.04 bits per heavy atom. The molecule has 0 amide bonds. The van der Waals surface area contributed by atoms with Crippen molar-refractivity contribution in [3.05, 3.63) is 65.2 Å². The van der Waals surface area contributed by atoms with E-state index in [-0.39, 0.29) is 25.4 Å². The van der Waals surface area contributed by atoms with E-state index in [0.29, 0.717) is 11.4 Å². The fourth-order valence-electron chi connectivity index (χ4n) is 3.01. The van der Waals surface area contributed by atoms with Crippen molar-refractivity contribution < 1.29 is 19.7 Å². The average molecular weight is 375 g/mol. The summed E-state index contributed by atoms with van der Waals surface area (Å²) in [6.07, 6.45) is 0.196. The lowest BCUT2D eigenvalue weighted by Gasteiger charge is -2.36. The lowest BCUT2D eigenvalue weighted by Crippen LogP contribution is -2.31. The number of ether oxygens (including phenoxy) is 2. The van der Waals surface area contributed by atoms with Crippen LogP contribution in [-0.2, 0) is 16.1 Å². The quantitative estimate of drug-likeness (QED) is 0.510. The molecule has 1 heterocycles. The van der Waals surface area contributed by atoms with Crippen LogP contribution < -0.4 is 5.73 Å². The van der Waals surface area contributed by atoms with Gasteiger partial charge < -0.3 is 25.4 Å². The van der Waals surface area contributed by atoms with E-state index in [4.69, 9.17) is 20.3 Å². The monoisotopic (exact) mass is 375 g/mol. The van der Waals surface area contributed by atoms with E-state index >= 15 is 0 Å². The molecule has 0 aliphatic carbocycles. The highest BCUT2D eigenvalue weighted by atomic mass is 32.2. The van der Waals surface area contributed by atoms with Gasteiger partial charge >= 0.3 is 0 Å². The number of aliphatic hydroxyl groups excluding tert-OH is 2. The highest BCUT2D eigenvalue weighted by Gasteiger charge is 2.32. The van der Waals surface area contributed by atoms with Crippen LogP contribution >= 0.6 is 11.8 Å². The van der Waals surface area contributed by atoms with Gasteiger partial charge in [0.1, 0.15) is 0 Å². The summed E-state index contributed by atoms with van der Waals surface area (Å²) < 4.78 is 12.4. The zero-order valence-electron chi connectivity index (χ0n) is 14.6. The molecule has 6 heteroatoms. The Balaban J connectivity index is 1.78. The fraction of sp³-hybridized carbons (Fsp3) is 0.400. The van der Waals surface area contributed by atoms with E-state index in [1.165, 1.54) is 0 Å². The van der Waals surface area contributed by atoms with Gasteiger partial charge in [-0.1, -0.05) is 36.4 Å². The molecule has 0 radical (unpaired) electrons. The van der Waals surface area contributed by atoms with Gasteiger partial charge in [0.15, 0.2) is 6.29 Å². The van der Waals surface area contributed by atoms with Gasteiger partial charge in [-0.15, -0.1) is 0 Å². The van der Waals surface area contributed by atoms with Crippen molar-refractivity contribution in [2.45, 2.75) is 31.5 Å². The van der Waals surface area contributed by atoms with Crippen molar-refractivity contribution in [1.82, 2.24) is 0 Å².